The first-order valence-corrected chi connectivity index (χ1v) is 12.9. The first kappa shape index (κ1) is 28.7. The quantitative estimate of drug-likeness (QED) is 0.212. The van der Waals surface area contributed by atoms with Crippen LogP contribution >= 0.6 is 0 Å². The van der Waals surface area contributed by atoms with Crippen molar-refractivity contribution in [2.75, 3.05) is 6.61 Å². The molecule has 2 N–H and O–H groups in total. The summed E-state index contributed by atoms with van der Waals surface area (Å²) in [6.07, 6.45) is 9.30. The second kappa shape index (κ2) is 11.7. The van der Waals surface area contributed by atoms with E-state index in [0.717, 1.165) is 18.4 Å². The number of carbonyl (C=O) groups excluding carboxylic acids is 2. The van der Waals surface area contributed by atoms with E-state index in [-0.39, 0.29) is 36.3 Å². The van der Waals surface area contributed by atoms with Crippen LogP contribution in [0.5, 0.6) is 0 Å². The molecule has 3 aliphatic heterocycles. The van der Waals surface area contributed by atoms with Gasteiger partial charge in [0.1, 0.15) is 23.9 Å². The maximum Gasteiger partial charge on any atom is 0.303 e. The Kier molecular flexibility index (Phi) is 9.33. The standard InChI is InChI=1S/C28H42O8/c1-17(8-12-25-26(31)28(16-33-28)15-27(6,32)36-25)7-11-24-18(2)13-22(20(4)35-24)14-23(30)10-9-19(3)34-21(5)29/h7-10,12,18-20,22,24-26,31-32H,11,13-16H2,1-6H3/b10-9-,12-8+,17-7+/t18-,19-,20+,22-,24-,25+,26-,27-,28-/m0/s1. The second-order valence-electron chi connectivity index (χ2n) is 11.0. The van der Waals surface area contributed by atoms with Crippen molar-refractivity contribution in [2.45, 2.75) is 109 Å². The average molecular weight is 507 g/mol. The molecule has 0 aromatic rings. The Bertz CT molecular complexity index is 884. The number of ether oxygens (including phenoxy) is 4. The SMILES string of the molecule is CC(=O)O[C@@H](C)/C=C\C(=O)C[C@@H]1C[C@H](C)[C@H](C/C=C(C)/C=C/[C@H]2O[C@](C)(O)C[C@]3(CO3)[C@H]2O)O[C@@H]1C. The van der Waals surface area contributed by atoms with Crippen molar-refractivity contribution in [3.8, 4) is 0 Å². The minimum atomic E-state index is -1.34. The van der Waals surface area contributed by atoms with Gasteiger partial charge in [0.15, 0.2) is 11.6 Å². The molecule has 0 bridgehead atoms. The lowest BCUT2D eigenvalue weighted by Gasteiger charge is -2.40. The zero-order valence-corrected chi connectivity index (χ0v) is 22.3. The van der Waals surface area contributed by atoms with E-state index in [2.05, 4.69) is 13.0 Å². The lowest BCUT2D eigenvalue weighted by Crippen LogP contribution is -2.54. The number of ketones is 1. The highest BCUT2D eigenvalue weighted by Gasteiger charge is 2.61. The summed E-state index contributed by atoms with van der Waals surface area (Å²) in [5, 5.41) is 21.0. The number of aliphatic hydroxyl groups excluding tert-OH is 1. The maximum absolute atomic E-state index is 12.4. The molecule has 0 saturated carbocycles. The van der Waals surface area contributed by atoms with Crippen LogP contribution in [0.15, 0.2) is 36.0 Å². The number of rotatable bonds is 9. The van der Waals surface area contributed by atoms with Gasteiger partial charge in [-0.05, 0) is 64.5 Å². The van der Waals surface area contributed by atoms with Crippen LogP contribution in [-0.2, 0) is 28.5 Å². The third-order valence-electron chi connectivity index (χ3n) is 7.33. The molecule has 8 heteroatoms. The van der Waals surface area contributed by atoms with E-state index in [1.54, 1.807) is 26.0 Å². The van der Waals surface area contributed by atoms with Gasteiger partial charge < -0.3 is 29.2 Å². The normalized spacial score (nSPS) is 40.1. The molecule has 0 aromatic heterocycles. The maximum atomic E-state index is 12.4. The van der Waals surface area contributed by atoms with E-state index in [4.69, 9.17) is 18.9 Å². The molecule has 9 atom stereocenters. The second-order valence-corrected chi connectivity index (χ2v) is 11.0. The Labute approximate surface area is 214 Å². The van der Waals surface area contributed by atoms with Crippen LogP contribution < -0.4 is 0 Å². The summed E-state index contributed by atoms with van der Waals surface area (Å²) in [5.41, 5.74) is 0.305. The van der Waals surface area contributed by atoms with Crippen LogP contribution in [0, 0.1) is 11.8 Å². The monoisotopic (exact) mass is 506 g/mol. The smallest absolute Gasteiger partial charge is 0.303 e. The van der Waals surface area contributed by atoms with Crippen molar-refractivity contribution in [1.82, 2.24) is 0 Å². The number of esters is 1. The molecule has 0 aliphatic carbocycles. The number of carbonyl (C=O) groups is 2. The van der Waals surface area contributed by atoms with Crippen LogP contribution in [0.25, 0.3) is 0 Å². The fourth-order valence-corrected chi connectivity index (χ4v) is 5.23. The molecule has 202 valence electrons. The van der Waals surface area contributed by atoms with Crippen molar-refractivity contribution in [1.29, 1.82) is 0 Å². The predicted octanol–water partition coefficient (Wildman–Crippen LogP) is 3.40. The lowest BCUT2D eigenvalue weighted by molar-refractivity contribution is -0.272. The fraction of sp³-hybridized carbons (Fsp3) is 0.714. The summed E-state index contributed by atoms with van der Waals surface area (Å²) in [7, 11) is 0. The van der Waals surface area contributed by atoms with Crippen molar-refractivity contribution < 1.29 is 38.7 Å². The number of epoxide rings is 1. The van der Waals surface area contributed by atoms with Gasteiger partial charge in [-0.3, -0.25) is 9.59 Å². The molecule has 0 unspecified atom stereocenters. The first-order valence-electron chi connectivity index (χ1n) is 12.9. The van der Waals surface area contributed by atoms with Crippen LogP contribution in [-0.4, -0.2) is 70.5 Å². The van der Waals surface area contributed by atoms with E-state index in [1.165, 1.54) is 13.0 Å². The van der Waals surface area contributed by atoms with Gasteiger partial charge >= 0.3 is 5.97 Å². The molecule has 3 heterocycles. The van der Waals surface area contributed by atoms with Crippen LogP contribution in [0.2, 0.25) is 0 Å². The van der Waals surface area contributed by atoms with Gasteiger partial charge in [0, 0.05) is 19.8 Å². The summed E-state index contributed by atoms with van der Waals surface area (Å²) in [6, 6.07) is 0. The number of allylic oxidation sites excluding steroid dienone is 3. The highest BCUT2D eigenvalue weighted by atomic mass is 16.7. The topological polar surface area (TPSA) is 115 Å². The van der Waals surface area contributed by atoms with Crippen LogP contribution in [0.3, 0.4) is 0 Å². The van der Waals surface area contributed by atoms with E-state index >= 15 is 0 Å². The molecule has 0 amide bonds. The van der Waals surface area contributed by atoms with E-state index in [9.17, 15) is 19.8 Å². The first-order chi connectivity index (χ1) is 16.8. The number of hydrogen-bond acceptors (Lipinski definition) is 8. The van der Waals surface area contributed by atoms with E-state index < -0.39 is 29.7 Å². The molecule has 1 spiro atoms. The zero-order chi connectivity index (χ0) is 26.7. The van der Waals surface area contributed by atoms with Crippen molar-refractivity contribution in [3.05, 3.63) is 36.0 Å². The zero-order valence-electron chi connectivity index (χ0n) is 22.3. The van der Waals surface area contributed by atoms with Gasteiger partial charge in [-0.1, -0.05) is 30.7 Å². The molecule has 8 nitrogen and oxygen atoms in total. The van der Waals surface area contributed by atoms with Crippen molar-refractivity contribution in [3.63, 3.8) is 0 Å². The van der Waals surface area contributed by atoms with Gasteiger partial charge in [0.25, 0.3) is 0 Å². The minimum absolute atomic E-state index is 0.00505. The molecule has 36 heavy (non-hydrogen) atoms. The predicted molar refractivity (Wildman–Crippen MR) is 134 cm³/mol. The summed E-state index contributed by atoms with van der Waals surface area (Å²) in [4.78, 5) is 23.4. The average Bonchev–Trinajstić information content (AvgIpc) is 3.54. The Hall–Kier alpha value is -1.84. The Morgan fingerprint density at radius 3 is 2.56 bits per heavy atom. The lowest BCUT2D eigenvalue weighted by atomic mass is 9.81. The Balaban J connectivity index is 1.49. The summed E-state index contributed by atoms with van der Waals surface area (Å²) < 4.78 is 22.4. The van der Waals surface area contributed by atoms with Gasteiger partial charge in [-0.25, -0.2) is 0 Å². The third kappa shape index (κ3) is 7.83. The van der Waals surface area contributed by atoms with Crippen LogP contribution in [0.1, 0.15) is 67.2 Å². The molecule has 0 radical (unpaired) electrons. The van der Waals surface area contributed by atoms with Gasteiger partial charge in [-0.15, -0.1) is 0 Å². The summed E-state index contributed by atoms with van der Waals surface area (Å²) in [6.45, 7) is 11.2. The molecule has 3 aliphatic rings. The third-order valence-corrected chi connectivity index (χ3v) is 7.33. The van der Waals surface area contributed by atoms with Crippen LogP contribution in [0.4, 0.5) is 0 Å². The van der Waals surface area contributed by atoms with Crippen molar-refractivity contribution in [2.24, 2.45) is 11.8 Å². The van der Waals surface area contributed by atoms with Gasteiger partial charge in [0.05, 0.1) is 18.8 Å². The minimum Gasteiger partial charge on any atom is -0.459 e. The Morgan fingerprint density at radius 2 is 1.92 bits per heavy atom. The largest absolute Gasteiger partial charge is 0.459 e. The van der Waals surface area contributed by atoms with E-state index in [0.29, 0.717) is 18.9 Å². The molecular weight excluding hydrogens is 464 g/mol. The van der Waals surface area contributed by atoms with E-state index in [1.807, 2.05) is 19.9 Å². The summed E-state index contributed by atoms with van der Waals surface area (Å²) in [5.74, 6) is -1.27. The number of aliphatic hydroxyl groups is 2. The molecule has 3 fully saturated rings. The molecule has 3 saturated heterocycles. The molecule has 0 aromatic carbocycles. The fourth-order valence-electron chi connectivity index (χ4n) is 5.23. The van der Waals surface area contributed by atoms with Gasteiger partial charge in [-0.2, -0.15) is 0 Å². The highest BCUT2D eigenvalue weighted by molar-refractivity contribution is 5.89. The Morgan fingerprint density at radius 1 is 1.22 bits per heavy atom. The molecule has 3 rings (SSSR count). The highest BCUT2D eigenvalue weighted by Crippen LogP contribution is 2.45. The number of hydrogen-bond donors (Lipinski definition) is 2. The molecular formula is C28H42O8. The summed E-state index contributed by atoms with van der Waals surface area (Å²) >= 11 is 0. The van der Waals surface area contributed by atoms with Crippen molar-refractivity contribution >= 4 is 11.8 Å². The van der Waals surface area contributed by atoms with Gasteiger partial charge in [0.2, 0.25) is 0 Å².